The molecule has 1 aliphatic rings. The summed E-state index contributed by atoms with van der Waals surface area (Å²) in [4.78, 5) is 12.5. The fourth-order valence-corrected chi connectivity index (χ4v) is 2.47. The second-order valence-corrected chi connectivity index (χ2v) is 4.82. The molecule has 0 atom stereocenters. The lowest BCUT2D eigenvalue weighted by atomic mass is 10.2. The van der Waals surface area contributed by atoms with Crippen LogP contribution in [0.4, 0.5) is 22.7 Å². The van der Waals surface area contributed by atoms with Crippen LogP contribution in [0, 0.1) is 10.1 Å². The van der Waals surface area contributed by atoms with E-state index in [4.69, 9.17) is 10.5 Å². The van der Waals surface area contributed by atoms with Crippen molar-refractivity contribution in [2.75, 3.05) is 23.8 Å². The Kier molecular flexibility index (Phi) is 3.35. The predicted molar refractivity (Wildman–Crippen MR) is 81.1 cm³/mol. The third-order valence-electron chi connectivity index (χ3n) is 3.46. The number of nitrogens with zero attached hydrogens (tertiary/aromatic N) is 2. The van der Waals surface area contributed by atoms with Crippen LogP contribution in [0.2, 0.25) is 0 Å². The van der Waals surface area contributed by atoms with Crippen molar-refractivity contribution in [2.24, 2.45) is 0 Å². The highest BCUT2D eigenvalue weighted by Crippen LogP contribution is 2.37. The van der Waals surface area contributed by atoms with Gasteiger partial charge in [-0.25, -0.2) is 0 Å². The zero-order valence-electron chi connectivity index (χ0n) is 11.4. The summed E-state index contributed by atoms with van der Waals surface area (Å²) in [6.45, 7) is 1.42. The van der Waals surface area contributed by atoms with E-state index in [1.165, 1.54) is 6.07 Å². The van der Waals surface area contributed by atoms with E-state index in [2.05, 4.69) is 4.90 Å². The van der Waals surface area contributed by atoms with Gasteiger partial charge in [0.1, 0.15) is 11.4 Å². The first-order valence-electron chi connectivity index (χ1n) is 6.70. The van der Waals surface area contributed by atoms with Crippen molar-refractivity contribution >= 4 is 22.7 Å². The predicted octanol–water partition coefficient (Wildman–Crippen LogP) is 3.10. The van der Waals surface area contributed by atoms with E-state index >= 15 is 0 Å². The number of nitro groups is 1. The summed E-state index contributed by atoms with van der Waals surface area (Å²) < 4.78 is 5.71. The van der Waals surface area contributed by atoms with Gasteiger partial charge in [-0.2, -0.15) is 0 Å². The highest BCUT2D eigenvalue weighted by Gasteiger charge is 2.19. The van der Waals surface area contributed by atoms with Gasteiger partial charge in [-0.1, -0.05) is 12.1 Å². The topological polar surface area (TPSA) is 81.6 Å². The van der Waals surface area contributed by atoms with Crippen LogP contribution in [0.1, 0.15) is 6.42 Å². The van der Waals surface area contributed by atoms with Gasteiger partial charge in [0, 0.05) is 18.3 Å². The molecule has 2 aromatic carbocycles. The van der Waals surface area contributed by atoms with Gasteiger partial charge in [-0.3, -0.25) is 10.1 Å². The van der Waals surface area contributed by atoms with Gasteiger partial charge in [0.25, 0.3) is 5.69 Å². The monoisotopic (exact) mass is 285 g/mol. The summed E-state index contributed by atoms with van der Waals surface area (Å²) in [5.41, 5.74) is 7.66. The van der Waals surface area contributed by atoms with Gasteiger partial charge in [-0.15, -0.1) is 0 Å². The molecule has 6 nitrogen and oxygen atoms in total. The first kappa shape index (κ1) is 13.2. The Hall–Kier alpha value is -2.76. The highest BCUT2D eigenvalue weighted by molar-refractivity contribution is 5.74. The molecular weight excluding hydrogens is 270 g/mol. The van der Waals surface area contributed by atoms with Gasteiger partial charge >= 0.3 is 0 Å². The average molecular weight is 285 g/mol. The van der Waals surface area contributed by atoms with E-state index in [1.807, 2.05) is 24.3 Å². The minimum absolute atomic E-state index is 0.0712. The summed E-state index contributed by atoms with van der Waals surface area (Å²) in [7, 11) is 0. The summed E-state index contributed by atoms with van der Waals surface area (Å²) in [5.74, 6) is 0.812. The number of rotatable bonds is 2. The lowest BCUT2D eigenvalue weighted by molar-refractivity contribution is -0.383. The molecule has 0 bridgehead atoms. The molecule has 0 amide bonds. The molecule has 1 heterocycles. The maximum Gasteiger partial charge on any atom is 0.292 e. The number of benzene rings is 2. The first-order valence-corrected chi connectivity index (χ1v) is 6.70. The fraction of sp³-hybridized carbons (Fsp3) is 0.200. The molecule has 2 aromatic rings. The Morgan fingerprint density at radius 1 is 1.24 bits per heavy atom. The molecule has 0 saturated heterocycles. The van der Waals surface area contributed by atoms with Crippen LogP contribution in [0.15, 0.2) is 42.5 Å². The van der Waals surface area contributed by atoms with E-state index < -0.39 is 4.92 Å². The van der Waals surface area contributed by atoms with Crippen molar-refractivity contribution in [2.45, 2.75) is 6.42 Å². The Balaban J connectivity index is 2.04. The van der Waals surface area contributed by atoms with Crippen molar-refractivity contribution in [3.8, 4) is 5.75 Å². The van der Waals surface area contributed by atoms with E-state index in [9.17, 15) is 10.1 Å². The Morgan fingerprint density at radius 3 is 2.81 bits per heavy atom. The van der Waals surface area contributed by atoms with Gasteiger partial charge in [-0.05, 0) is 30.7 Å². The molecule has 21 heavy (non-hydrogen) atoms. The zero-order chi connectivity index (χ0) is 14.8. The van der Waals surface area contributed by atoms with Gasteiger partial charge < -0.3 is 15.4 Å². The molecule has 0 saturated carbocycles. The van der Waals surface area contributed by atoms with Crippen molar-refractivity contribution in [1.82, 2.24) is 0 Å². The van der Waals surface area contributed by atoms with Crippen LogP contribution in [-0.4, -0.2) is 18.1 Å². The SMILES string of the molecule is Nc1cc(N2CCCOc3ccccc32)ccc1[N+](=O)[O-]. The number of fused-ring (bicyclic) bond motifs is 1. The van der Waals surface area contributed by atoms with E-state index in [-0.39, 0.29) is 11.4 Å². The zero-order valence-corrected chi connectivity index (χ0v) is 11.4. The van der Waals surface area contributed by atoms with Crippen LogP contribution in [0.3, 0.4) is 0 Å². The Morgan fingerprint density at radius 2 is 2.05 bits per heavy atom. The molecule has 0 radical (unpaired) electrons. The number of hydrogen-bond acceptors (Lipinski definition) is 5. The molecule has 2 N–H and O–H groups in total. The maximum atomic E-state index is 10.9. The van der Waals surface area contributed by atoms with Crippen LogP contribution in [0.5, 0.6) is 5.75 Å². The molecule has 0 aliphatic carbocycles. The number of nitro benzene ring substituents is 1. The molecule has 1 aliphatic heterocycles. The molecule has 0 unspecified atom stereocenters. The third kappa shape index (κ3) is 2.47. The average Bonchev–Trinajstić information content (AvgIpc) is 2.69. The summed E-state index contributed by atoms with van der Waals surface area (Å²) in [6.07, 6.45) is 0.867. The molecule has 0 spiro atoms. The molecule has 6 heteroatoms. The number of anilines is 3. The minimum Gasteiger partial charge on any atom is -0.491 e. The minimum atomic E-state index is -0.474. The van der Waals surface area contributed by atoms with E-state index in [0.29, 0.717) is 6.61 Å². The number of hydrogen-bond donors (Lipinski definition) is 1. The number of para-hydroxylation sites is 2. The Bertz CT molecular complexity index is 688. The first-order chi connectivity index (χ1) is 10.2. The second kappa shape index (κ2) is 5.32. The quantitative estimate of drug-likeness (QED) is 0.521. The standard InChI is InChI=1S/C15H15N3O3/c16-12-10-11(6-7-13(12)18(19)20)17-8-3-9-21-15-5-2-1-4-14(15)17/h1-2,4-7,10H,3,8-9,16H2. The van der Waals surface area contributed by atoms with Gasteiger partial charge in [0.2, 0.25) is 0 Å². The maximum absolute atomic E-state index is 10.9. The fourth-order valence-electron chi connectivity index (χ4n) is 2.47. The summed E-state index contributed by atoms with van der Waals surface area (Å²) >= 11 is 0. The van der Waals surface area contributed by atoms with Crippen LogP contribution in [0.25, 0.3) is 0 Å². The largest absolute Gasteiger partial charge is 0.491 e. The van der Waals surface area contributed by atoms with Crippen molar-refractivity contribution in [1.29, 1.82) is 0 Å². The molecule has 3 rings (SSSR count). The lowest BCUT2D eigenvalue weighted by Crippen LogP contribution is -2.17. The number of ether oxygens (including phenoxy) is 1. The Labute approximate surface area is 121 Å². The van der Waals surface area contributed by atoms with E-state index in [0.717, 1.165) is 30.1 Å². The summed E-state index contributed by atoms with van der Waals surface area (Å²) in [6, 6.07) is 12.6. The highest BCUT2D eigenvalue weighted by atomic mass is 16.6. The third-order valence-corrected chi connectivity index (χ3v) is 3.46. The van der Waals surface area contributed by atoms with Crippen LogP contribution in [-0.2, 0) is 0 Å². The van der Waals surface area contributed by atoms with Gasteiger partial charge in [0.05, 0.1) is 17.2 Å². The number of nitrogen functional groups attached to an aromatic ring is 1. The second-order valence-electron chi connectivity index (χ2n) is 4.82. The van der Waals surface area contributed by atoms with Gasteiger partial charge in [0.15, 0.2) is 0 Å². The van der Waals surface area contributed by atoms with Crippen LogP contribution < -0.4 is 15.4 Å². The van der Waals surface area contributed by atoms with Crippen LogP contribution >= 0.6 is 0 Å². The molecular formula is C15H15N3O3. The molecule has 0 fully saturated rings. The normalized spacial score (nSPS) is 14.0. The molecule has 0 aromatic heterocycles. The van der Waals surface area contributed by atoms with Crippen molar-refractivity contribution in [3.63, 3.8) is 0 Å². The van der Waals surface area contributed by atoms with Crippen molar-refractivity contribution < 1.29 is 9.66 Å². The molecule has 108 valence electrons. The summed E-state index contributed by atoms with van der Waals surface area (Å²) in [5, 5.41) is 10.9. The lowest BCUT2D eigenvalue weighted by Gasteiger charge is -2.24. The number of nitrogens with two attached hydrogens (primary N) is 1. The van der Waals surface area contributed by atoms with E-state index in [1.54, 1.807) is 12.1 Å². The smallest absolute Gasteiger partial charge is 0.292 e. The van der Waals surface area contributed by atoms with Crippen molar-refractivity contribution in [3.05, 3.63) is 52.6 Å².